The van der Waals surface area contributed by atoms with Crippen LogP contribution < -0.4 is 0 Å². The maximum Gasteiger partial charge on any atom is 0.415 e. The van der Waals surface area contributed by atoms with Gasteiger partial charge in [0.05, 0.1) is 6.61 Å². The average Bonchev–Trinajstić information content (AvgIpc) is 2.95. The Morgan fingerprint density at radius 2 is 2.11 bits per heavy atom. The van der Waals surface area contributed by atoms with Gasteiger partial charge in [-0.2, -0.15) is 8.78 Å². The Hall–Kier alpha value is -0.440. The van der Waals surface area contributed by atoms with E-state index in [0.717, 1.165) is 12.8 Å². The molecule has 2 rings (SSSR count). The van der Waals surface area contributed by atoms with E-state index in [4.69, 9.17) is 5.26 Å². The predicted molar refractivity (Wildman–Crippen MR) is 61.8 cm³/mol. The van der Waals surface area contributed by atoms with Crippen molar-refractivity contribution < 1.29 is 32.9 Å². The number of alkyl halides is 2. The van der Waals surface area contributed by atoms with E-state index in [9.17, 15) is 13.6 Å². The lowest BCUT2D eigenvalue weighted by atomic mass is 9.81. The number of carbonyl (C=O) groups is 1. The van der Waals surface area contributed by atoms with E-state index in [1.165, 1.54) is 6.42 Å². The van der Waals surface area contributed by atoms with E-state index in [2.05, 4.69) is 21.0 Å². The zero-order valence-electron chi connectivity index (χ0n) is 10.4. The Labute approximate surface area is 113 Å². The predicted octanol–water partition coefficient (Wildman–Crippen LogP) is 2.87. The SMILES string of the molecule is CC1C2CCC(C2)C1COC(=O)C(F)(F)SOOO. The van der Waals surface area contributed by atoms with Gasteiger partial charge in [0.2, 0.25) is 0 Å². The summed E-state index contributed by atoms with van der Waals surface area (Å²) in [7, 11) is 0. The fraction of sp³-hybridized carbons (Fsp3) is 0.909. The molecule has 0 aromatic heterocycles. The minimum Gasteiger partial charge on any atom is -0.460 e. The summed E-state index contributed by atoms with van der Waals surface area (Å²) in [6.07, 6.45) is 3.38. The quantitative estimate of drug-likeness (QED) is 0.352. The summed E-state index contributed by atoms with van der Waals surface area (Å²) in [5.41, 5.74) is 0. The molecule has 4 unspecified atom stereocenters. The first-order chi connectivity index (χ1) is 8.95. The normalized spacial score (nSPS) is 33.7. The molecule has 19 heavy (non-hydrogen) atoms. The molecule has 5 nitrogen and oxygen atoms in total. The molecule has 0 aromatic carbocycles. The van der Waals surface area contributed by atoms with Crippen molar-refractivity contribution in [1.29, 1.82) is 0 Å². The van der Waals surface area contributed by atoms with E-state index >= 15 is 0 Å². The fourth-order valence-electron chi connectivity index (χ4n) is 3.33. The Morgan fingerprint density at radius 1 is 1.42 bits per heavy atom. The number of hydrogen-bond acceptors (Lipinski definition) is 6. The molecule has 2 aliphatic carbocycles. The third-order valence-corrected chi connectivity index (χ3v) is 4.86. The highest BCUT2D eigenvalue weighted by Crippen LogP contribution is 2.52. The molecule has 2 fully saturated rings. The van der Waals surface area contributed by atoms with Crippen LogP contribution >= 0.6 is 12.0 Å². The van der Waals surface area contributed by atoms with Gasteiger partial charge in [0.25, 0.3) is 0 Å². The first kappa shape index (κ1) is 15.0. The van der Waals surface area contributed by atoms with Crippen LogP contribution in [0.25, 0.3) is 0 Å². The molecule has 8 heteroatoms. The van der Waals surface area contributed by atoms with Gasteiger partial charge < -0.3 is 4.74 Å². The minimum atomic E-state index is -3.90. The molecule has 0 aliphatic heterocycles. The van der Waals surface area contributed by atoms with Gasteiger partial charge in [-0.1, -0.05) is 12.0 Å². The van der Waals surface area contributed by atoms with Crippen molar-refractivity contribution in [3.8, 4) is 0 Å². The Kier molecular flexibility index (Phi) is 4.65. The second-order valence-electron chi connectivity index (χ2n) is 5.20. The van der Waals surface area contributed by atoms with Crippen LogP contribution in [0.1, 0.15) is 26.2 Å². The first-order valence-corrected chi connectivity index (χ1v) is 6.91. The van der Waals surface area contributed by atoms with Gasteiger partial charge in [0.15, 0.2) is 0 Å². The second kappa shape index (κ2) is 5.90. The number of ether oxygens (including phenoxy) is 1. The van der Waals surface area contributed by atoms with Crippen molar-refractivity contribution >= 4 is 18.0 Å². The minimum absolute atomic E-state index is 0.0112. The summed E-state index contributed by atoms with van der Waals surface area (Å²) >= 11 is -0.595. The summed E-state index contributed by atoms with van der Waals surface area (Å²) in [6.45, 7) is 2.09. The molecule has 0 amide bonds. The smallest absolute Gasteiger partial charge is 0.415 e. The van der Waals surface area contributed by atoms with Crippen LogP contribution in [0.3, 0.4) is 0 Å². The number of halogens is 2. The largest absolute Gasteiger partial charge is 0.460 e. The molecule has 0 heterocycles. The summed E-state index contributed by atoms with van der Waals surface area (Å²) < 4.78 is 34.5. The number of fused-ring (bicyclic) bond motifs is 2. The molecular weight excluding hydrogens is 282 g/mol. The maximum absolute atomic E-state index is 13.1. The van der Waals surface area contributed by atoms with Crippen LogP contribution in [0.2, 0.25) is 0 Å². The highest BCUT2D eigenvalue weighted by atomic mass is 32.2. The number of carbonyl (C=O) groups excluding carboxylic acids is 1. The Bertz CT molecular complexity index is 339. The highest BCUT2D eigenvalue weighted by molar-refractivity contribution is 7.96. The second-order valence-corrected chi connectivity index (χ2v) is 6.01. The van der Waals surface area contributed by atoms with Crippen LogP contribution in [0, 0.1) is 23.7 Å². The van der Waals surface area contributed by atoms with E-state index in [-0.39, 0.29) is 12.5 Å². The first-order valence-electron chi connectivity index (χ1n) is 6.16. The number of esters is 1. The van der Waals surface area contributed by atoms with Crippen molar-refractivity contribution in [2.45, 2.75) is 31.4 Å². The average molecular weight is 298 g/mol. The fourth-order valence-corrected chi connectivity index (χ4v) is 3.58. The summed E-state index contributed by atoms with van der Waals surface area (Å²) in [4.78, 5) is 11.2. The molecule has 4 atom stereocenters. The van der Waals surface area contributed by atoms with E-state index < -0.39 is 23.3 Å². The van der Waals surface area contributed by atoms with E-state index in [0.29, 0.717) is 17.8 Å². The maximum atomic E-state index is 13.1. The van der Waals surface area contributed by atoms with Crippen molar-refractivity contribution in [3.05, 3.63) is 0 Å². The highest BCUT2D eigenvalue weighted by Gasteiger charge is 2.48. The molecular formula is C11H16F2O5S. The van der Waals surface area contributed by atoms with Crippen LogP contribution in [0.4, 0.5) is 8.78 Å². The van der Waals surface area contributed by atoms with Crippen LogP contribution in [0.15, 0.2) is 0 Å². The Morgan fingerprint density at radius 3 is 2.68 bits per heavy atom. The molecule has 0 saturated heterocycles. The van der Waals surface area contributed by atoms with Crippen LogP contribution in [0.5, 0.6) is 0 Å². The lowest BCUT2D eigenvalue weighted by molar-refractivity contribution is -0.433. The topological polar surface area (TPSA) is 65.0 Å². The van der Waals surface area contributed by atoms with Gasteiger partial charge >= 0.3 is 11.2 Å². The van der Waals surface area contributed by atoms with Crippen LogP contribution in [-0.2, 0) is 18.9 Å². The van der Waals surface area contributed by atoms with Gasteiger partial charge in [0.1, 0.15) is 12.0 Å². The molecule has 0 radical (unpaired) electrons. The number of hydrogen-bond donors (Lipinski definition) is 1. The number of rotatable bonds is 6. The molecule has 0 spiro atoms. The van der Waals surface area contributed by atoms with Crippen molar-refractivity contribution in [2.75, 3.05) is 6.61 Å². The lowest BCUT2D eigenvalue weighted by Gasteiger charge is -2.28. The molecule has 0 aromatic rings. The summed E-state index contributed by atoms with van der Waals surface area (Å²) in [5, 5.41) is 6.93. The van der Waals surface area contributed by atoms with Gasteiger partial charge in [-0.15, -0.1) is 4.33 Å². The third-order valence-electron chi connectivity index (χ3n) is 4.35. The summed E-state index contributed by atoms with van der Waals surface area (Å²) in [5.74, 6) is 0.00805. The zero-order valence-corrected chi connectivity index (χ0v) is 11.2. The van der Waals surface area contributed by atoms with Crippen molar-refractivity contribution in [1.82, 2.24) is 0 Å². The molecule has 2 aliphatic rings. The van der Waals surface area contributed by atoms with Crippen molar-refractivity contribution in [2.24, 2.45) is 23.7 Å². The van der Waals surface area contributed by atoms with Crippen molar-refractivity contribution in [3.63, 3.8) is 0 Å². The molecule has 2 saturated carbocycles. The third kappa shape index (κ3) is 3.18. The molecule has 110 valence electrons. The molecule has 2 bridgehead atoms. The van der Waals surface area contributed by atoms with Gasteiger partial charge in [-0.3, -0.25) is 0 Å². The van der Waals surface area contributed by atoms with Gasteiger partial charge in [-0.25, -0.2) is 10.1 Å². The monoisotopic (exact) mass is 298 g/mol. The van der Waals surface area contributed by atoms with Crippen LogP contribution in [-0.4, -0.2) is 23.1 Å². The molecule has 1 N–H and O–H groups in total. The summed E-state index contributed by atoms with van der Waals surface area (Å²) in [6, 6.07) is 0. The zero-order chi connectivity index (χ0) is 14.0. The van der Waals surface area contributed by atoms with Gasteiger partial charge in [-0.05, 0) is 42.9 Å². The van der Waals surface area contributed by atoms with E-state index in [1.807, 2.05) is 0 Å². The standard InChI is InChI=1S/C11H16F2O5S/c1-6-7-2-3-8(4-7)9(6)5-16-10(14)11(12,13)19-18-17-15/h6-9,15H,2-5H2,1H3. The van der Waals surface area contributed by atoms with Gasteiger partial charge in [0, 0.05) is 0 Å². The lowest BCUT2D eigenvalue weighted by Crippen LogP contribution is -2.32. The van der Waals surface area contributed by atoms with E-state index in [1.54, 1.807) is 0 Å². The Balaban J connectivity index is 1.80.